The van der Waals surface area contributed by atoms with Crippen LogP contribution in [0.3, 0.4) is 0 Å². The van der Waals surface area contributed by atoms with Crippen LogP contribution in [-0.2, 0) is 16.7 Å². The van der Waals surface area contributed by atoms with Gasteiger partial charge in [-0.3, -0.25) is 0 Å². The molecule has 0 heterocycles. The van der Waals surface area contributed by atoms with Gasteiger partial charge in [0.25, 0.3) is 0 Å². The highest BCUT2D eigenvalue weighted by atomic mass is 32.2. The Morgan fingerprint density at radius 1 is 1.06 bits per heavy atom. The van der Waals surface area contributed by atoms with Crippen molar-refractivity contribution in [3.63, 3.8) is 0 Å². The molecule has 186 valence electrons. The quantitative estimate of drug-likeness (QED) is 0.379. The second-order valence-corrected chi connectivity index (χ2v) is 9.65. The van der Waals surface area contributed by atoms with Gasteiger partial charge >= 0.3 is 16.1 Å². The number of carbonyl (C=O) groups excluding carboxylic acids is 1. The van der Waals surface area contributed by atoms with E-state index in [1.807, 2.05) is 45.0 Å². The summed E-state index contributed by atoms with van der Waals surface area (Å²) >= 11 is 0. The highest BCUT2D eigenvalue weighted by Gasteiger charge is 2.23. The first-order valence-electron chi connectivity index (χ1n) is 11.1. The van der Waals surface area contributed by atoms with Crippen molar-refractivity contribution in [2.45, 2.75) is 44.7 Å². The number of rotatable bonds is 9. The standard InChI is InChI=1S/C26H29FN2O5S/c1-5-19(3)29(26(30)28-23-9-7-6-8-18(23)2)17-20-10-15-24(33-4)25(16-20)34-35(31,32)22-13-11-21(27)12-14-22/h6-16,19H,5,17H2,1-4H3,(H,28,30)/t19-/m1/s1. The molecule has 0 aliphatic carbocycles. The van der Waals surface area contributed by atoms with E-state index in [1.54, 1.807) is 17.0 Å². The number of benzene rings is 3. The number of halogens is 1. The molecule has 2 amide bonds. The fourth-order valence-electron chi connectivity index (χ4n) is 3.40. The van der Waals surface area contributed by atoms with E-state index in [2.05, 4.69) is 5.32 Å². The average molecular weight is 501 g/mol. The number of amides is 2. The number of para-hydroxylation sites is 1. The number of hydrogen-bond acceptors (Lipinski definition) is 5. The van der Waals surface area contributed by atoms with Crippen LogP contribution in [0, 0.1) is 12.7 Å². The molecule has 0 spiro atoms. The highest BCUT2D eigenvalue weighted by molar-refractivity contribution is 7.87. The molecule has 0 aliphatic heterocycles. The van der Waals surface area contributed by atoms with Crippen LogP contribution in [0.1, 0.15) is 31.4 Å². The summed E-state index contributed by atoms with van der Waals surface area (Å²) in [6.45, 7) is 6.05. The molecule has 1 N–H and O–H groups in total. The summed E-state index contributed by atoms with van der Waals surface area (Å²) in [4.78, 5) is 14.6. The molecule has 0 fully saturated rings. The maximum absolute atomic E-state index is 13.2. The lowest BCUT2D eigenvalue weighted by molar-refractivity contribution is 0.187. The monoisotopic (exact) mass is 500 g/mol. The number of nitrogens with zero attached hydrogens (tertiary/aromatic N) is 1. The molecule has 0 unspecified atom stereocenters. The molecule has 0 saturated carbocycles. The largest absolute Gasteiger partial charge is 0.493 e. The topological polar surface area (TPSA) is 84.9 Å². The van der Waals surface area contributed by atoms with Gasteiger partial charge in [-0.05, 0) is 73.9 Å². The molecule has 35 heavy (non-hydrogen) atoms. The minimum atomic E-state index is -4.23. The van der Waals surface area contributed by atoms with Crippen molar-refractivity contribution in [1.29, 1.82) is 0 Å². The molecule has 7 nitrogen and oxygen atoms in total. The molecule has 3 aromatic carbocycles. The lowest BCUT2D eigenvalue weighted by atomic mass is 10.1. The van der Waals surface area contributed by atoms with Crippen molar-refractivity contribution >= 4 is 21.8 Å². The van der Waals surface area contributed by atoms with E-state index in [4.69, 9.17) is 8.92 Å². The van der Waals surface area contributed by atoms with E-state index in [9.17, 15) is 17.6 Å². The van der Waals surface area contributed by atoms with Gasteiger partial charge in [0.2, 0.25) is 0 Å². The van der Waals surface area contributed by atoms with Crippen LogP contribution in [0.15, 0.2) is 71.6 Å². The molecule has 0 saturated heterocycles. The van der Waals surface area contributed by atoms with E-state index < -0.39 is 15.9 Å². The molecule has 9 heteroatoms. The van der Waals surface area contributed by atoms with Crippen LogP contribution in [0.5, 0.6) is 11.5 Å². The second kappa shape index (κ2) is 11.2. The number of aryl methyl sites for hydroxylation is 1. The van der Waals surface area contributed by atoms with Crippen LogP contribution in [0.4, 0.5) is 14.9 Å². The summed E-state index contributed by atoms with van der Waals surface area (Å²) < 4.78 is 49.3. The molecular weight excluding hydrogens is 471 g/mol. The van der Waals surface area contributed by atoms with Gasteiger partial charge in [-0.25, -0.2) is 9.18 Å². The Labute approximate surface area is 205 Å². The lowest BCUT2D eigenvalue weighted by Gasteiger charge is -2.29. The van der Waals surface area contributed by atoms with E-state index in [1.165, 1.54) is 13.2 Å². The van der Waals surface area contributed by atoms with E-state index in [0.29, 0.717) is 5.56 Å². The Hall–Kier alpha value is -3.59. The predicted molar refractivity (Wildman–Crippen MR) is 133 cm³/mol. The summed E-state index contributed by atoms with van der Waals surface area (Å²) in [5.41, 5.74) is 2.31. The van der Waals surface area contributed by atoms with Gasteiger partial charge in [-0.2, -0.15) is 8.42 Å². The molecule has 0 aliphatic rings. The summed E-state index contributed by atoms with van der Waals surface area (Å²) in [6, 6.07) is 16.3. The third-order valence-corrected chi connectivity index (χ3v) is 6.90. The van der Waals surface area contributed by atoms with Gasteiger partial charge < -0.3 is 19.1 Å². The second-order valence-electron chi connectivity index (χ2n) is 8.11. The molecular formula is C26H29FN2O5S. The van der Waals surface area contributed by atoms with Crippen molar-refractivity contribution in [3.8, 4) is 11.5 Å². The summed E-state index contributed by atoms with van der Waals surface area (Å²) in [5.74, 6) is -0.380. The molecule has 1 atom stereocenters. The molecule has 3 rings (SSSR count). The first kappa shape index (κ1) is 26.0. The molecule has 0 radical (unpaired) electrons. The fourth-order valence-corrected chi connectivity index (χ4v) is 4.33. The maximum atomic E-state index is 13.2. The predicted octanol–water partition coefficient (Wildman–Crippen LogP) is 5.74. The number of urea groups is 1. The minimum Gasteiger partial charge on any atom is -0.493 e. The Bertz CT molecular complexity index is 1280. The molecule has 0 bridgehead atoms. The van der Waals surface area contributed by atoms with Gasteiger partial charge in [-0.1, -0.05) is 31.2 Å². The third kappa shape index (κ3) is 6.51. The van der Waals surface area contributed by atoms with Crippen molar-refractivity contribution in [1.82, 2.24) is 4.90 Å². The molecule has 0 aromatic heterocycles. The first-order chi connectivity index (χ1) is 16.6. The van der Waals surface area contributed by atoms with Crippen molar-refractivity contribution in [2.75, 3.05) is 12.4 Å². The van der Waals surface area contributed by atoms with E-state index in [0.717, 1.165) is 41.9 Å². The number of carbonyl (C=O) groups is 1. The Morgan fingerprint density at radius 3 is 2.37 bits per heavy atom. The SMILES string of the molecule is CC[C@@H](C)N(Cc1ccc(OC)c(OS(=O)(=O)c2ccc(F)cc2)c1)C(=O)Nc1ccccc1C. The van der Waals surface area contributed by atoms with Gasteiger partial charge in [0, 0.05) is 18.3 Å². The number of nitrogens with one attached hydrogen (secondary N) is 1. The smallest absolute Gasteiger partial charge is 0.339 e. The normalized spacial score (nSPS) is 12.0. The maximum Gasteiger partial charge on any atom is 0.339 e. The van der Waals surface area contributed by atoms with Gasteiger partial charge in [-0.15, -0.1) is 0 Å². The lowest BCUT2D eigenvalue weighted by Crippen LogP contribution is -2.40. The van der Waals surface area contributed by atoms with Crippen molar-refractivity contribution in [3.05, 3.63) is 83.7 Å². The van der Waals surface area contributed by atoms with Gasteiger partial charge in [0.05, 0.1) is 7.11 Å². The highest BCUT2D eigenvalue weighted by Crippen LogP contribution is 2.32. The Balaban J connectivity index is 1.87. The number of anilines is 1. The van der Waals surface area contributed by atoms with Crippen LogP contribution in [0.25, 0.3) is 0 Å². The third-order valence-electron chi connectivity index (χ3n) is 5.65. The number of methoxy groups -OCH3 is 1. The molecule has 3 aromatic rings. The van der Waals surface area contributed by atoms with Crippen LogP contribution < -0.4 is 14.2 Å². The van der Waals surface area contributed by atoms with Gasteiger partial charge in [0.15, 0.2) is 11.5 Å². The average Bonchev–Trinajstić information content (AvgIpc) is 2.83. The van der Waals surface area contributed by atoms with Crippen LogP contribution in [0.2, 0.25) is 0 Å². The zero-order valence-corrected chi connectivity index (χ0v) is 20.9. The Morgan fingerprint density at radius 2 is 1.74 bits per heavy atom. The van der Waals surface area contributed by atoms with E-state index >= 15 is 0 Å². The number of hydrogen-bond donors (Lipinski definition) is 1. The zero-order chi connectivity index (χ0) is 25.6. The number of ether oxygens (including phenoxy) is 1. The summed E-state index contributed by atoms with van der Waals surface area (Å²) in [5, 5.41) is 2.95. The Kier molecular flexibility index (Phi) is 8.34. The van der Waals surface area contributed by atoms with Crippen molar-refractivity contribution < 1.29 is 26.5 Å². The zero-order valence-electron chi connectivity index (χ0n) is 20.1. The fraction of sp³-hybridized carbons (Fsp3) is 0.269. The van der Waals surface area contributed by atoms with Crippen LogP contribution >= 0.6 is 0 Å². The summed E-state index contributed by atoms with van der Waals surface area (Å²) in [7, 11) is -2.83. The van der Waals surface area contributed by atoms with Crippen molar-refractivity contribution in [2.24, 2.45) is 0 Å². The summed E-state index contributed by atoms with van der Waals surface area (Å²) in [6.07, 6.45) is 0.722. The minimum absolute atomic E-state index is 0.0299. The van der Waals surface area contributed by atoms with E-state index in [-0.39, 0.29) is 35.0 Å². The van der Waals surface area contributed by atoms with Gasteiger partial charge in [0.1, 0.15) is 10.7 Å². The first-order valence-corrected chi connectivity index (χ1v) is 12.6. The van der Waals surface area contributed by atoms with Crippen LogP contribution in [-0.4, -0.2) is 32.5 Å².